The number of anilines is 1. The van der Waals surface area contributed by atoms with Crippen LogP contribution in [0.3, 0.4) is 0 Å². The molecule has 0 radical (unpaired) electrons. The lowest BCUT2D eigenvalue weighted by Gasteiger charge is -2.32. The predicted octanol–water partition coefficient (Wildman–Crippen LogP) is 3.09. The highest BCUT2D eigenvalue weighted by Gasteiger charge is 2.32. The van der Waals surface area contributed by atoms with E-state index in [9.17, 15) is 13.2 Å². The summed E-state index contributed by atoms with van der Waals surface area (Å²) in [7, 11) is 3.12. The Balaban J connectivity index is 1.75. The molecule has 0 bridgehead atoms. The molecule has 0 spiro atoms. The zero-order chi connectivity index (χ0) is 19.9. The van der Waals surface area contributed by atoms with Crippen molar-refractivity contribution in [3.05, 3.63) is 18.2 Å². The lowest BCUT2D eigenvalue weighted by Crippen LogP contribution is -2.40. The molecule has 1 aliphatic rings. The maximum absolute atomic E-state index is 12.4. The van der Waals surface area contributed by atoms with Gasteiger partial charge in [0.1, 0.15) is 0 Å². The monoisotopic (exact) mass is 388 g/mol. The number of benzene rings is 1. The molecule has 0 aliphatic carbocycles. The van der Waals surface area contributed by atoms with Crippen LogP contribution in [0.2, 0.25) is 0 Å². The molecule has 27 heavy (non-hydrogen) atoms. The zero-order valence-corrected chi connectivity index (χ0v) is 15.7. The summed E-state index contributed by atoms with van der Waals surface area (Å²) in [6, 6.07) is 5.33. The third-order valence-electron chi connectivity index (χ3n) is 4.59. The summed E-state index contributed by atoms with van der Waals surface area (Å²) in [4.78, 5) is 5.77. The summed E-state index contributed by atoms with van der Waals surface area (Å²) in [5.74, 6) is 1.88. The topological polar surface area (TPSA) is 72.1 Å². The first-order valence-electron chi connectivity index (χ1n) is 8.89. The SMILES string of the molecule is COc1ccc(NC(N)=NCCC2CCN(CC(F)(F)F)CC2)cc1OC. The predicted molar refractivity (Wildman–Crippen MR) is 99.5 cm³/mol. The number of hydrogen-bond acceptors (Lipinski definition) is 4. The second-order valence-corrected chi connectivity index (χ2v) is 6.59. The Hall–Kier alpha value is -2.16. The smallest absolute Gasteiger partial charge is 0.401 e. The molecule has 0 unspecified atom stereocenters. The van der Waals surface area contributed by atoms with E-state index in [-0.39, 0.29) is 5.96 Å². The van der Waals surface area contributed by atoms with E-state index in [0.29, 0.717) is 37.1 Å². The maximum Gasteiger partial charge on any atom is 0.401 e. The molecular weight excluding hydrogens is 361 g/mol. The summed E-state index contributed by atoms with van der Waals surface area (Å²) >= 11 is 0. The number of aliphatic imine (C=N–C) groups is 1. The third-order valence-corrected chi connectivity index (χ3v) is 4.59. The molecule has 6 nitrogen and oxygen atoms in total. The van der Waals surface area contributed by atoms with Gasteiger partial charge in [-0.05, 0) is 50.4 Å². The second kappa shape index (κ2) is 9.68. The minimum atomic E-state index is -4.12. The van der Waals surface area contributed by atoms with Crippen LogP contribution in [0.25, 0.3) is 0 Å². The number of halogens is 3. The van der Waals surface area contributed by atoms with E-state index in [0.717, 1.165) is 24.9 Å². The highest BCUT2D eigenvalue weighted by atomic mass is 19.4. The van der Waals surface area contributed by atoms with Crippen molar-refractivity contribution in [2.75, 3.05) is 45.7 Å². The summed E-state index contributed by atoms with van der Waals surface area (Å²) < 4.78 is 47.6. The molecule has 1 aliphatic heterocycles. The highest BCUT2D eigenvalue weighted by Crippen LogP contribution is 2.29. The van der Waals surface area contributed by atoms with E-state index in [2.05, 4.69) is 10.3 Å². The number of rotatable bonds is 7. The van der Waals surface area contributed by atoms with Gasteiger partial charge in [0.25, 0.3) is 0 Å². The molecule has 2 rings (SSSR count). The molecule has 3 N–H and O–H groups in total. The number of hydrogen-bond donors (Lipinski definition) is 2. The maximum atomic E-state index is 12.4. The fourth-order valence-corrected chi connectivity index (χ4v) is 3.16. The van der Waals surface area contributed by atoms with Crippen molar-refractivity contribution < 1.29 is 22.6 Å². The molecule has 152 valence electrons. The standard InChI is InChI=1S/C18H27F3N4O2/c1-26-15-4-3-14(11-16(15)27-2)24-17(22)23-8-5-13-6-9-25(10-7-13)12-18(19,20)21/h3-4,11,13H,5-10,12H2,1-2H3,(H3,22,23,24). The minimum Gasteiger partial charge on any atom is -0.493 e. The van der Waals surface area contributed by atoms with Crippen molar-refractivity contribution in [2.45, 2.75) is 25.4 Å². The van der Waals surface area contributed by atoms with E-state index >= 15 is 0 Å². The number of piperidine rings is 1. The van der Waals surface area contributed by atoms with Gasteiger partial charge in [0, 0.05) is 18.3 Å². The van der Waals surface area contributed by atoms with Crippen LogP contribution in [-0.2, 0) is 0 Å². The number of nitrogens with zero attached hydrogens (tertiary/aromatic N) is 2. The number of alkyl halides is 3. The number of ether oxygens (including phenoxy) is 2. The van der Waals surface area contributed by atoms with Gasteiger partial charge in [-0.2, -0.15) is 13.2 Å². The molecule has 0 amide bonds. The van der Waals surface area contributed by atoms with E-state index in [1.165, 1.54) is 4.90 Å². The van der Waals surface area contributed by atoms with Crippen LogP contribution < -0.4 is 20.5 Å². The number of nitrogens with one attached hydrogen (secondary N) is 1. The third kappa shape index (κ3) is 7.16. The van der Waals surface area contributed by atoms with Crippen LogP contribution in [0.15, 0.2) is 23.2 Å². The van der Waals surface area contributed by atoms with E-state index in [1.54, 1.807) is 32.4 Å². The summed E-state index contributed by atoms with van der Waals surface area (Å²) in [5.41, 5.74) is 6.64. The van der Waals surface area contributed by atoms with E-state index < -0.39 is 12.7 Å². The van der Waals surface area contributed by atoms with Gasteiger partial charge in [0.05, 0.1) is 20.8 Å². The lowest BCUT2D eigenvalue weighted by molar-refractivity contribution is -0.148. The summed E-state index contributed by atoms with van der Waals surface area (Å²) in [6.45, 7) is 0.677. The Labute approximate surface area is 157 Å². The molecule has 1 saturated heterocycles. The summed E-state index contributed by atoms with van der Waals surface area (Å²) in [6.07, 6.45) is -1.79. The molecule has 1 aromatic rings. The van der Waals surface area contributed by atoms with E-state index in [1.807, 2.05) is 0 Å². The average Bonchev–Trinajstić information content (AvgIpc) is 2.61. The second-order valence-electron chi connectivity index (χ2n) is 6.59. The van der Waals surface area contributed by atoms with Gasteiger partial charge in [-0.15, -0.1) is 0 Å². The molecule has 0 atom stereocenters. The van der Waals surface area contributed by atoms with Crippen LogP contribution >= 0.6 is 0 Å². The van der Waals surface area contributed by atoms with Gasteiger partial charge in [-0.3, -0.25) is 9.89 Å². The Morgan fingerprint density at radius 1 is 1.22 bits per heavy atom. The quantitative estimate of drug-likeness (QED) is 0.555. The normalized spacial score (nSPS) is 17.0. The van der Waals surface area contributed by atoms with Crippen LogP contribution in [-0.4, -0.2) is 57.4 Å². The van der Waals surface area contributed by atoms with Gasteiger partial charge in [0.2, 0.25) is 0 Å². The Kier molecular flexibility index (Phi) is 7.58. The van der Waals surface area contributed by atoms with Crippen molar-refractivity contribution in [3.63, 3.8) is 0 Å². The largest absolute Gasteiger partial charge is 0.493 e. The van der Waals surface area contributed by atoms with Crippen LogP contribution in [0.1, 0.15) is 19.3 Å². The molecule has 1 aromatic carbocycles. The number of guanidine groups is 1. The Bertz CT molecular complexity index is 630. The van der Waals surface area contributed by atoms with Crippen molar-refractivity contribution in [1.82, 2.24) is 4.90 Å². The first kappa shape index (κ1) is 21.1. The van der Waals surface area contributed by atoms with Crippen molar-refractivity contribution in [1.29, 1.82) is 0 Å². The zero-order valence-electron chi connectivity index (χ0n) is 15.7. The fraction of sp³-hybridized carbons (Fsp3) is 0.611. The molecule has 0 aromatic heterocycles. The van der Waals surface area contributed by atoms with E-state index in [4.69, 9.17) is 15.2 Å². The number of nitrogens with two attached hydrogens (primary N) is 1. The Morgan fingerprint density at radius 3 is 2.48 bits per heavy atom. The van der Waals surface area contributed by atoms with Crippen LogP contribution in [0.4, 0.5) is 18.9 Å². The molecule has 1 fully saturated rings. The molecule has 0 saturated carbocycles. The molecular formula is C18H27F3N4O2. The first-order chi connectivity index (χ1) is 12.8. The van der Waals surface area contributed by atoms with Crippen molar-refractivity contribution in [2.24, 2.45) is 16.6 Å². The Morgan fingerprint density at radius 2 is 1.89 bits per heavy atom. The van der Waals surface area contributed by atoms with Crippen LogP contribution in [0.5, 0.6) is 11.5 Å². The first-order valence-corrected chi connectivity index (χ1v) is 8.89. The number of likely N-dealkylation sites (tertiary alicyclic amines) is 1. The fourth-order valence-electron chi connectivity index (χ4n) is 3.16. The molecule has 1 heterocycles. The molecule has 9 heteroatoms. The lowest BCUT2D eigenvalue weighted by atomic mass is 9.93. The van der Waals surface area contributed by atoms with Gasteiger partial charge < -0.3 is 20.5 Å². The van der Waals surface area contributed by atoms with Gasteiger partial charge in [0.15, 0.2) is 17.5 Å². The highest BCUT2D eigenvalue weighted by molar-refractivity contribution is 5.92. The number of methoxy groups -OCH3 is 2. The summed E-state index contributed by atoms with van der Waals surface area (Å²) in [5, 5.41) is 3.00. The average molecular weight is 388 g/mol. The van der Waals surface area contributed by atoms with Crippen LogP contribution in [0, 0.1) is 5.92 Å². The minimum absolute atomic E-state index is 0.289. The van der Waals surface area contributed by atoms with Gasteiger partial charge in [-0.1, -0.05) is 0 Å². The van der Waals surface area contributed by atoms with Crippen molar-refractivity contribution in [3.8, 4) is 11.5 Å². The van der Waals surface area contributed by atoms with Crippen molar-refractivity contribution >= 4 is 11.6 Å². The van der Waals surface area contributed by atoms with Gasteiger partial charge in [-0.25, -0.2) is 0 Å². The van der Waals surface area contributed by atoms with Gasteiger partial charge >= 0.3 is 6.18 Å².